The molecule has 0 bridgehead atoms. The number of ether oxygens (including phenoxy) is 5. The molecule has 2 N–H and O–H groups in total. The first-order chi connectivity index (χ1) is 33.6. The predicted molar refractivity (Wildman–Crippen MR) is 255 cm³/mol. The second kappa shape index (κ2) is 23.8. The third-order valence-corrected chi connectivity index (χ3v) is 14.1. The van der Waals surface area contributed by atoms with Gasteiger partial charge in [0.2, 0.25) is 17.6 Å². The molecule has 2 saturated heterocycles. The minimum absolute atomic E-state index is 0.0221. The Balaban J connectivity index is 0.731. The van der Waals surface area contributed by atoms with Gasteiger partial charge >= 0.3 is 0 Å². The number of hydrogen-bond acceptors (Lipinski definition) is 14. The molecule has 4 aromatic heterocycles. The lowest BCUT2D eigenvalue weighted by molar-refractivity contribution is -0.139. The molecule has 8 rings (SSSR count). The second-order valence-corrected chi connectivity index (χ2v) is 18.5. The fourth-order valence-corrected chi connectivity index (χ4v) is 10.2. The van der Waals surface area contributed by atoms with Crippen molar-refractivity contribution < 1.29 is 51.4 Å². The lowest BCUT2D eigenvalue weighted by atomic mass is 9.83. The number of fused-ring (bicyclic) bond motifs is 2. The summed E-state index contributed by atoms with van der Waals surface area (Å²) >= 11 is 1.64. The van der Waals surface area contributed by atoms with Crippen LogP contribution in [0.1, 0.15) is 61.2 Å². The van der Waals surface area contributed by atoms with Gasteiger partial charge in [-0.1, -0.05) is 25.3 Å². The van der Waals surface area contributed by atoms with Gasteiger partial charge < -0.3 is 53.2 Å². The maximum absolute atomic E-state index is 15.2. The summed E-state index contributed by atoms with van der Waals surface area (Å²) in [5, 5.41) is 12.2. The van der Waals surface area contributed by atoms with Gasteiger partial charge in [-0.3, -0.25) is 24.3 Å². The minimum Gasteiger partial charge on any atom is -0.489 e. The fourth-order valence-electron chi connectivity index (χ4n) is 9.36. The van der Waals surface area contributed by atoms with Crippen LogP contribution in [0, 0.1) is 17.6 Å². The second-order valence-electron chi connectivity index (χ2n) is 17.6. The number of halogens is 2. The van der Waals surface area contributed by atoms with Crippen molar-refractivity contribution in [2.24, 2.45) is 13.0 Å². The number of thiophene rings is 1. The van der Waals surface area contributed by atoms with E-state index in [1.807, 2.05) is 17.5 Å². The molecule has 6 heterocycles. The summed E-state index contributed by atoms with van der Waals surface area (Å²) in [6.07, 6.45) is 10.0. The van der Waals surface area contributed by atoms with Crippen molar-refractivity contribution in [3.63, 3.8) is 0 Å². The number of carbonyl (C=O) groups is 3. The van der Waals surface area contributed by atoms with E-state index in [9.17, 15) is 18.8 Å². The van der Waals surface area contributed by atoms with Crippen molar-refractivity contribution >= 4 is 50.2 Å². The zero-order chi connectivity index (χ0) is 48.3. The zero-order valence-corrected chi connectivity index (χ0v) is 40.1. The Morgan fingerprint density at radius 3 is 2.35 bits per heavy atom. The van der Waals surface area contributed by atoms with E-state index < -0.39 is 23.7 Å². The van der Waals surface area contributed by atoms with Gasteiger partial charge in [-0.25, -0.2) is 4.39 Å². The molecule has 0 radical (unpaired) electrons. The van der Waals surface area contributed by atoms with Crippen molar-refractivity contribution in [1.82, 2.24) is 40.0 Å². The van der Waals surface area contributed by atoms with E-state index >= 15 is 4.39 Å². The molecule has 2 aliphatic heterocycles. The molecule has 20 heteroatoms. The van der Waals surface area contributed by atoms with E-state index in [4.69, 9.17) is 28.2 Å². The number of likely N-dealkylation sites (N-methyl/N-ethyl adjacent to an activating group) is 1. The number of aryl methyl sites for hydroxylation is 1. The summed E-state index contributed by atoms with van der Waals surface area (Å²) < 4.78 is 67.2. The summed E-state index contributed by atoms with van der Waals surface area (Å²) in [7, 11) is 3.28. The van der Waals surface area contributed by atoms with Crippen molar-refractivity contribution in [3.05, 3.63) is 77.7 Å². The van der Waals surface area contributed by atoms with Crippen molar-refractivity contribution in [2.75, 3.05) is 86.0 Å². The fraction of sp³-hybridized carbons (Fsp3) is 0.531. The molecule has 3 fully saturated rings. The number of hydrogen-bond donors (Lipinski definition) is 2. The quantitative estimate of drug-likeness (QED) is 0.0638. The highest BCUT2D eigenvalue weighted by Gasteiger charge is 2.37. The number of likely N-dealkylation sites (tertiary alicyclic amines) is 1. The highest BCUT2D eigenvalue weighted by molar-refractivity contribution is 7.17. The van der Waals surface area contributed by atoms with Crippen LogP contribution in [0.3, 0.4) is 0 Å². The molecule has 1 aliphatic carbocycles. The molecular weight excluding hydrogens is 915 g/mol. The molecule has 17 nitrogen and oxygen atoms in total. The smallest absolute Gasteiger partial charge is 0.270 e. The van der Waals surface area contributed by atoms with Gasteiger partial charge in [-0.15, -0.1) is 17.9 Å². The molecule has 372 valence electrons. The number of benzene rings is 1. The number of rotatable bonds is 22. The maximum Gasteiger partial charge on any atom is 0.270 e. The normalized spacial score (nSPS) is 17.3. The molecule has 0 unspecified atom stereocenters. The molecular formula is C49H62F2N8O9S. The van der Waals surface area contributed by atoms with E-state index in [2.05, 4.69) is 32.3 Å². The monoisotopic (exact) mass is 976 g/mol. The standard InChI is InChI=1S/C49H62F2N8O9S/c1-4-37(52-2)47(60)54-44(32-8-6-5-7-9-32)49(62)59-19-17-58(18-20-59)48(61)40-29-35-39(56(40)3)30-36(50)43(51)45(35)66-26-24-64-22-21-63-23-25-65-42-28-34(68-55-42)31-57-15-11-33(12-16-57)67-41-10-14-53-38-13-27-69-46(38)41/h4,10,13-14,27-30,32-33,37,44,52H,1,5-9,11-12,15-26,31H2,2-3H3,(H,54,60)/t37-,44-/m0/s1. The molecule has 1 saturated carbocycles. The zero-order valence-electron chi connectivity index (χ0n) is 39.3. The van der Waals surface area contributed by atoms with Crippen LogP contribution in [-0.4, -0.2) is 151 Å². The van der Waals surface area contributed by atoms with Gasteiger partial charge in [0.05, 0.1) is 48.7 Å². The highest BCUT2D eigenvalue weighted by Crippen LogP contribution is 2.35. The number of nitrogens with zero attached hydrogens (tertiary/aromatic N) is 6. The molecule has 5 aromatic rings. The van der Waals surface area contributed by atoms with Crippen LogP contribution >= 0.6 is 11.3 Å². The largest absolute Gasteiger partial charge is 0.489 e. The molecule has 0 spiro atoms. The lowest BCUT2D eigenvalue weighted by Gasteiger charge is -2.39. The van der Waals surface area contributed by atoms with Gasteiger partial charge in [0.15, 0.2) is 17.3 Å². The van der Waals surface area contributed by atoms with Gasteiger partial charge in [-0.05, 0) is 67.4 Å². The van der Waals surface area contributed by atoms with Crippen LogP contribution in [-0.2, 0) is 32.7 Å². The first kappa shape index (κ1) is 49.7. The number of pyridine rings is 1. The third-order valence-electron chi connectivity index (χ3n) is 13.2. The average molecular weight is 977 g/mol. The third kappa shape index (κ3) is 12.2. The van der Waals surface area contributed by atoms with Crippen molar-refractivity contribution in [3.8, 4) is 17.4 Å². The van der Waals surface area contributed by atoms with E-state index in [-0.39, 0.29) is 118 Å². The van der Waals surface area contributed by atoms with E-state index in [1.54, 1.807) is 47.5 Å². The number of carbonyl (C=O) groups excluding carboxylic acids is 3. The Kier molecular flexibility index (Phi) is 17.1. The Bertz CT molecular complexity index is 2530. The topological polar surface area (TPSA) is 175 Å². The Labute approximate surface area is 404 Å². The van der Waals surface area contributed by atoms with E-state index in [1.165, 1.54) is 16.7 Å². The number of piperidine rings is 1. The first-order valence-corrected chi connectivity index (χ1v) is 24.7. The maximum atomic E-state index is 15.2. The van der Waals surface area contributed by atoms with Gasteiger partial charge in [0.1, 0.15) is 42.8 Å². The van der Waals surface area contributed by atoms with Gasteiger partial charge in [0.25, 0.3) is 11.8 Å². The summed E-state index contributed by atoms with van der Waals surface area (Å²) in [4.78, 5) is 50.9. The molecule has 1 aromatic carbocycles. The molecule has 2 atom stereocenters. The van der Waals surface area contributed by atoms with Crippen LogP contribution in [0.5, 0.6) is 17.4 Å². The lowest BCUT2D eigenvalue weighted by Crippen LogP contribution is -2.59. The van der Waals surface area contributed by atoms with E-state index in [0.29, 0.717) is 18.2 Å². The van der Waals surface area contributed by atoms with Crippen molar-refractivity contribution in [1.29, 1.82) is 0 Å². The SMILES string of the molecule is C=C[C@H](NC)C(=O)N[C@H](C(=O)N1CCN(C(=O)c2cc3c(OCCOCCOCCOc4cc(CN5CCC(Oc6ccnc7ccsc67)CC5)on4)c(F)c(F)cc3n2C)CC1)C1CCCCC1. The number of amides is 3. The highest BCUT2D eigenvalue weighted by atomic mass is 32.1. The molecule has 3 amide bonds. The Morgan fingerprint density at radius 1 is 0.913 bits per heavy atom. The molecule has 3 aliphatic rings. The summed E-state index contributed by atoms with van der Waals surface area (Å²) in [5.41, 5.74) is 1.46. The summed E-state index contributed by atoms with van der Waals surface area (Å²) in [6.45, 7) is 8.17. The van der Waals surface area contributed by atoms with Crippen LogP contribution in [0.4, 0.5) is 8.78 Å². The van der Waals surface area contributed by atoms with E-state index in [0.717, 1.165) is 80.1 Å². The predicted octanol–water partition coefficient (Wildman–Crippen LogP) is 5.71. The van der Waals surface area contributed by atoms with Crippen molar-refractivity contribution in [2.45, 2.75) is 69.7 Å². The number of piperazine rings is 1. The van der Waals surface area contributed by atoms with Gasteiger partial charge in [-0.2, -0.15) is 4.39 Å². The summed E-state index contributed by atoms with van der Waals surface area (Å²) in [5.74, 6) is -1.39. The first-order valence-electron chi connectivity index (χ1n) is 23.8. The van der Waals surface area contributed by atoms with Crippen LogP contribution < -0.4 is 24.8 Å². The molecule has 69 heavy (non-hydrogen) atoms. The average Bonchev–Trinajstić information content (AvgIpc) is 4.13. The summed E-state index contributed by atoms with van der Waals surface area (Å²) in [6, 6.07) is 6.97. The van der Waals surface area contributed by atoms with Crippen LogP contribution in [0.25, 0.3) is 21.1 Å². The number of aromatic nitrogens is 3. The Hall–Kier alpha value is -5.67. The van der Waals surface area contributed by atoms with Crippen LogP contribution in [0.15, 0.2) is 59.1 Å². The van der Waals surface area contributed by atoms with Gasteiger partial charge in [0, 0.05) is 70.0 Å². The minimum atomic E-state index is -1.16. The number of nitrogens with one attached hydrogen (secondary N) is 2. The Morgan fingerprint density at radius 2 is 1.62 bits per heavy atom. The van der Waals surface area contributed by atoms with Crippen LogP contribution in [0.2, 0.25) is 0 Å².